The normalized spacial score (nSPS) is 21.5. The van der Waals surface area contributed by atoms with Crippen LogP contribution in [-0.4, -0.2) is 57.2 Å². The lowest BCUT2D eigenvalue weighted by atomic mass is 10.1. The number of nitrogens with zero attached hydrogens (tertiary/aromatic N) is 2. The number of carbonyl (C=O) groups is 1. The first kappa shape index (κ1) is 19.5. The average molecular weight is 400 g/mol. The van der Waals surface area contributed by atoms with Gasteiger partial charge in [0.2, 0.25) is 10.0 Å². The summed E-state index contributed by atoms with van der Waals surface area (Å²) in [5.41, 5.74) is 0.824. The van der Waals surface area contributed by atoms with Crippen LogP contribution in [-0.2, 0) is 10.0 Å². The highest BCUT2D eigenvalue weighted by Gasteiger charge is 2.27. The highest BCUT2D eigenvalue weighted by molar-refractivity contribution is 7.92. The maximum Gasteiger partial charge on any atom is 0.252 e. The Morgan fingerprint density at radius 1 is 1.19 bits per heavy atom. The van der Waals surface area contributed by atoms with E-state index in [-0.39, 0.29) is 17.7 Å². The molecule has 1 amide bonds. The molecule has 1 aromatic rings. The Kier molecular flexibility index (Phi) is 6.10. The molecule has 26 heavy (non-hydrogen) atoms. The summed E-state index contributed by atoms with van der Waals surface area (Å²) < 4.78 is 26.0. The number of hydrogen-bond acceptors (Lipinski definition) is 4. The van der Waals surface area contributed by atoms with Crippen molar-refractivity contribution in [2.24, 2.45) is 0 Å². The third kappa shape index (κ3) is 4.32. The van der Waals surface area contributed by atoms with Crippen molar-refractivity contribution in [3.8, 4) is 0 Å². The summed E-state index contributed by atoms with van der Waals surface area (Å²) in [6.07, 6.45) is 3.90. The van der Waals surface area contributed by atoms with Crippen LogP contribution in [0.3, 0.4) is 0 Å². The summed E-state index contributed by atoms with van der Waals surface area (Å²) in [5.74, 6) is -0.123. The maximum absolute atomic E-state index is 12.6. The largest absolute Gasteiger partial charge is 0.350 e. The molecule has 0 aromatic heterocycles. The van der Waals surface area contributed by atoms with Gasteiger partial charge in [-0.1, -0.05) is 11.6 Å². The Balaban J connectivity index is 1.71. The van der Waals surface area contributed by atoms with Crippen molar-refractivity contribution in [2.45, 2.75) is 38.6 Å². The zero-order chi connectivity index (χ0) is 18.7. The number of anilines is 1. The molecular formula is C18H26ClN3O3S. The fraction of sp³-hybridized carbons (Fsp3) is 0.611. The Bertz CT molecular complexity index is 763. The van der Waals surface area contributed by atoms with Crippen molar-refractivity contribution >= 4 is 33.2 Å². The molecule has 6 nitrogen and oxygen atoms in total. The van der Waals surface area contributed by atoms with E-state index >= 15 is 0 Å². The molecule has 0 saturated carbocycles. The van der Waals surface area contributed by atoms with Crippen molar-refractivity contribution in [1.82, 2.24) is 10.2 Å². The van der Waals surface area contributed by atoms with E-state index in [2.05, 4.69) is 17.1 Å². The maximum atomic E-state index is 12.6. The molecule has 2 saturated heterocycles. The minimum Gasteiger partial charge on any atom is -0.350 e. The molecule has 8 heteroatoms. The Labute approximate surface area is 160 Å². The number of nitrogens with one attached hydrogen (secondary N) is 1. The topological polar surface area (TPSA) is 69.7 Å². The number of rotatable bonds is 5. The number of sulfonamides is 1. The van der Waals surface area contributed by atoms with Crippen molar-refractivity contribution in [3.63, 3.8) is 0 Å². The van der Waals surface area contributed by atoms with Crippen LogP contribution in [0.2, 0.25) is 5.02 Å². The Morgan fingerprint density at radius 3 is 2.58 bits per heavy atom. The van der Waals surface area contributed by atoms with Gasteiger partial charge in [-0.05, 0) is 63.9 Å². The molecule has 1 N–H and O–H groups in total. The lowest BCUT2D eigenvalue weighted by molar-refractivity contribution is 0.0940. The Hall–Kier alpha value is -1.31. The molecule has 2 aliphatic rings. The molecule has 144 valence electrons. The van der Waals surface area contributed by atoms with Crippen LogP contribution < -0.4 is 9.62 Å². The lowest BCUT2D eigenvalue weighted by Crippen LogP contribution is -2.41. The smallest absolute Gasteiger partial charge is 0.252 e. The zero-order valence-electron chi connectivity index (χ0n) is 15.1. The van der Waals surface area contributed by atoms with Gasteiger partial charge in [0.25, 0.3) is 5.91 Å². The fourth-order valence-corrected chi connectivity index (χ4v) is 5.40. The van der Waals surface area contributed by atoms with E-state index in [1.165, 1.54) is 17.1 Å². The summed E-state index contributed by atoms with van der Waals surface area (Å²) in [4.78, 5) is 15.0. The van der Waals surface area contributed by atoms with E-state index in [0.717, 1.165) is 19.5 Å². The summed E-state index contributed by atoms with van der Waals surface area (Å²) in [5, 5.41) is 3.26. The van der Waals surface area contributed by atoms with E-state index < -0.39 is 10.0 Å². The molecule has 0 spiro atoms. The van der Waals surface area contributed by atoms with E-state index in [0.29, 0.717) is 35.8 Å². The van der Waals surface area contributed by atoms with Gasteiger partial charge in [-0.2, -0.15) is 0 Å². The van der Waals surface area contributed by atoms with Gasteiger partial charge >= 0.3 is 0 Å². The van der Waals surface area contributed by atoms with Gasteiger partial charge in [0.05, 0.1) is 22.0 Å². The van der Waals surface area contributed by atoms with E-state index in [1.807, 2.05) is 0 Å². The Morgan fingerprint density at radius 2 is 1.88 bits per heavy atom. The van der Waals surface area contributed by atoms with Crippen LogP contribution in [0.1, 0.15) is 43.0 Å². The van der Waals surface area contributed by atoms with Crippen molar-refractivity contribution in [2.75, 3.05) is 36.2 Å². The monoisotopic (exact) mass is 399 g/mol. The van der Waals surface area contributed by atoms with Gasteiger partial charge in [0.15, 0.2) is 0 Å². The van der Waals surface area contributed by atoms with Crippen molar-refractivity contribution < 1.29 is 13.2 Å². The van der Waals surface area contributed by atoms with Gasteiger partial charge in [-0.15, -0.1) is 0 Å². The molecule has 2 fully saturated rings. The van der Waals surface area contributed by atoms with Gasteiger partial charge in [-0.3, -0.25) is 14.0 Å². The molecule has 0 aliphatic carbocycles. The molecule has 0 radical (unpaired) electrons. The van der Waals surface area contributed by atoms with Crippen LogP contribution >= 0.6 is 11.6 Å². The molecule has 3 rings (SSSR count). The summed E-state index contributed by atoms with van der Waals surface area (Å²) >= 11 is 6.20. The first-order valence-electron chi connectivity index (χ1n) is 9.21. The highest BCUT2D eigenvalue weighted by Crippen LogP contribution is 2.28. The standard InChI is InChI=1S/C18H26ClN3O3S/c1-14(21-8-2-3-9-21)13-20-18(23)16-12-15(6-7-17(16)19)22-10-4-5-11-26(22,24)25/h6-7,12,14H,2-5,8-11,13H2,1H3,(H,20,23). The zero-order valence-corrected chi connectivity index (χ0v) is 16.7. The van der Waals surface area contributed by atoms with E-state index in [4.69, 9.17) is 11.6 Å². The third-order valence-corrected chi connectivity index (χ3v) is 7.35. The van der Waals surface area contributed by atoms with E-state index in [1.54, 1.807) is 18.2 Å². The quantitative estimate of drug-likeness (QED) is 0.825. The number of benzene rings is 1. The first-order valence-corrected chi connectivity index (χ1v) is 11.2. The second-order valence-corrected chi connectivity index (χ2v) is 9.48. The van der Waals surface area contributed by atoms with Crippen LogP contribution in [0, 0.1) is 0 Å². The predicted octanol–water partition coefficient (Wildman–Crippen LogP) is 2.48. The van der Waals surface area contributed by atoms with Crippen LogP contribution in [0.4, 0.5) is 5.69 Å². The van der Waals surface area contributed by atoms with Crippen LogP contribution in [0.25, 0.3) is 0 Å². The van der Waals surface area contributed by atoms with Crippen molar-refractivity contribution in [3.05, 3.63) is 28.8 Å². The summed E-state index contributed by atoms with van der Waals surface area (Å²) in [6.45, 7) is 5.22. The van der Waals surface area contributed by atoms with Gasteiger partial charge in [-0.25, -0.2) is 8.42 Å². The SMILES string of the molecule is CC(CNC(=O)c1cc(N2CCCCS2(=O)=O)ccc1Cl)N1CCCC1. The fourth-order valence-electron chi connectivity index (χ4n) is 3.57. The minimum absolute atomic E-state index is 0.143. The predicted molar refractivity (Wildman–Crippen MR) is 104 cm³/mol. The number of carbonyl (C=O) groups excluding carboxylic acids is 1. The first-order chi connectivity index (χ1) is 12.4. The number of likely N-dealkylation sites (tertiary alicyclic amines) is 1. The summed E-state index contributed by atoms with van der Waals surface area (Å²) in [6, 6.07) is 5.11. The van der Waals surface area contributed by atoms with Crippen molar-refractivity contribution in [1.29, 1.82) is 0 Å². The lowest BCUT2D eigenvalue weighted by Gasteiger charge is -2.28. The number of amides is 1. The number of hydrogen-bond donors (Lipinski definition) is 1. The van der Waals surface area contributed by atoms with Gasteiger partial charge in [0.1, 0.15) is 0 Å². The minimum atomic E-state index is -3.32. The molecule has 1 aromatic carbocycles. The highest BCUT2D eigenvalue weighted by atomic mass is 35.5. The molecule has 1 unspecified atom stereocenters. The summed E-state index contributed by atoms with van der Waals surface area (Å²) in [7, 11) is -3.32. The number of halogens is 1. The van der Waals surface area contributed by atoms with Gasteiger partial charge < -0.3 is 5.32 Å². The molecule has 2 heterocycles. The van der Waals surface area contributed by atoms with Crippen LogP contribution in [0.5, 0.6) is 0 Å². The molecular weight excluding hydrogens is 374 g/mol. The van der Waals surface area contributed by atoms with E-state index in [9.17, 15) is 13.2 Å². The van der Waals surface area contributed by atoms with Gasteiger partial charge in [0, 0.05) is 19.1 Å². The van der Waals surface area contributed by atoms with Crippen LogP contribution in [0.15, 0.2) is 18.2 Å². The second-order valence-electron chi connectivity index (χ2n) is 7.06. The second kappa shape index (κ2) is 8.15. The third-order valence-electron chi connectivity index (χ3n) is 5.15. The molecule has 0 bridgehead atoms. The average Bonchev–Trinajstić information content (AvgIpc) is 3.14. The molecule has 2 aliphatic heterocycles. The molecule has 1 atom stereocenters.